The third-order valence-corrected chi connectivity index (χ3v) is 7.85. The second-order valence-corrected chi connectivity index (χ2v) is 9.83. The monoisotopic (exact) mass is 488 g/mol. The van der Waals surface area contributed by atoms with Crippen LogP contribution in [-0.4, -0.2) is 41.9 Å². The molecule has 3 rings (SSSR count). The molecule has 0 saturated carbocycles. The summed E-state index contributed by atoms with van der Waals surface area (Å²) in [5.74, 6) is 1.71. The zero-order valence-corrected chi connectivity index (χ0v) is 22.8. The number of nitrogens with zero attached hydrogens (tertiary/aromatic N) is 6. The van der Waals surface area contributed by atoms with Crippen LogP contribution in [0.2, 0.25) is 0 Å². The minimum atomic E-state index is -0.0894. The Morgan fingerprint density at radius 1 is 1.17 bits per heavy atom. The molecule has 3 aromatic rings. The fourth-order valence-electron chi connectivity index (χ4n) is 3.76. The van der Waals surface area contributed by atoms with Crippen LogP contribution in [0.4, 0.5) is 5.13 Å². The molecular formula is C28H36N6S. The molecular weight excluding hydrogens is 452 g/mol. The molecule has 184 valence electrons. The number of benzene rings is 1. The Labute approximate surface area is 213 Å². The zero-order valence-electron chi connectivity index (χ0n) is 22.0. The predicted octanol–water partition coefficient (Wildman–Crippen LogP) is 7.52. The normalized spacial score (nSPS) is 13.4. The summed E-state index contributed by atoms with van der Waals surface area (Å²) in [6.45, 7) is 17.1. The molecule has 0 amide bonds. The van der Waals surface area contributed by atoms with Crippen LogP contribution < -0.4 is 4.90 Å². The van der Waals surface area contributed by atoms with Crippen LogP contribution in [-0.2, 0) is 0 Å². The lowest BCUT2D eigenvalue weighted by atomic mass is 9.83. The highest BCUT2D eigenvalue weighted by Crippen LogP contribution is 2.38. The van der Waals surface area contributed by atoms with Gasteiger partial charge in [-0.3, -0.25) is 9.98 Å². The molecule has 2 heterocycles. The number of pyridine rings is 1. The van der Waals surface area contributed by atoms with E-state index in [9.17, 15) is 0 Å². The summed E-state index contributed by atoms with van der Waals surface area (Å²) in [7, 11) is 2.01. The van der Waals surface area contributed by atoms with Gasteiger partial charge in [-0.05, 0) is 75.7 Å². The number of aromatic nitrogens is 2. The molecule has 0 bridgehead atoms. The van der Waals surface area contributed by atoms with Crippen LogP contribution in [0.1, 0.15) is 59.9 Å². The fraction of sp³-hybridized carbons (Fsp3) is 0.393. The van der Waals surface area contributed by atoms with Gasteiger partial charge >= 0.3 is 0 Å². The topological polar surface area (TPSA) is 66.1 Å². The van der Waals surface area contributed by atoms with Gasteiger partial charge in [-0.25, -0.2) is 15.0 Å². The number of hydrogen-bond donors (Lipinski definition) is 0. The van der Waals surface area contributed by atoms with Crippen molar-refractivity contribution >= 4 is 50.6 Å². The molecule has 0 aliphatic carbocycles. The van der Waals surface area contributed by atoms with Crippen molar-refractivity contribution in [3.05, 3.63) is 48.3 Å². The molecule has 35 heavy (non-hydrogen) atoms. The quantitative estimate of drug-likeness (QED) is 0.243. The Morgan fingerprint density at radius 3 is 2.51 bits per heavy atom. The first kappa shape index (κ1) is 26.4. The highest BCUT2D eigenvalue weighted by atomic mass is 32.1. The predicted molar refractivity (Wildman–Crippen MR) is 154 cm³/mol. The maximum Gasteiger partial charge on any atom is 0.191 e. The summed E-state index contributed by atoms with van der Waals surface area (Å²) in [5, 5.41) is 0.906. The number of hydrogen-bond acceptors (Lipinski definition) is 5. The number of anilines is 1. The average molecular weight is 489 g/mol. The SMILES string of the molecule is C=NC(=NC=C(C)c1cc(-c2ccccn2)c2sc(N(C)C(C)=NCC)nc2c1)C(C)(CC)CC. The van der Waals surface area contributed by atoms with E-state index in [0.717, 1.165) is 68.8 Å². The second kappa shape index (κ2) is 11.5. The lowest BCUT2D eigenvalue weighted by Gasteiger charge is -2.25. The third-order valence-electron chi connectivity index (χ3n) is 6.66. The maximum absolute atomic E-state index is 4.97. The molecule has 2 aromatic heterocycles. The van der Waals surface area contributed by atoms with E-state index in [-0.39, 0.29) is 5.41 Å². The summed E-state index contributed by atoms with van der Waals surface area (Å²) in [4.78, 5) is 25.2. The van der Waals surface area contributed by atoms with Crippen LogP contribution >= 0.6 is 11.3 Å². The van der Waals surface area contributed by atoms with Crippen LogP contribution in [0.25, 0.3) is 27.0 Å². The van der Waals surface area contributed by atoms with Gasteiger partial charge in [0, 0.05) is 37.0 Å². The molecule has 7 heteroatoms. The highest BCUT2D eigenvalue weighted by Gasteiger charge is 2.25. The smallest absolute Gasteiger partial charge is 0.191 e. The molecule has 1 aromatic carbocycles. The highest BCUT2D eigenvalue weighted by molar-refractivity contribution is 7.23. The first-order chi connectivity index (χ1) is 16.8. The number of fused-ring (bicyclic) bond motifs is 1. The van der Waals surface area contributed by atoms with E-state index in [1.807, 2.05) is 56.4 Å². The lowest BCUT2D eigenvalue weighted by Crippen LogP contribution is -2.24. The Kier molecular flexibility index (Phi) is 8.67. The van der Waals surface area contributed by atoms with Crippen molar-refractivity contribution in [1.82, 2.24) is 9.97 Å². The van der Waals surface area contributed by atoms with Crippen molar-refractivity contribution in [2.24, 2.45) is 20.4 Å². The van der Waals surface area contributed by atoms with E-state index in [1.165, 1.54) is 0 Å². The molecule has 0 unspecified atom stereocenters. The molecule has 0 aliphatic heterocycles. The average Bonchev–Trinajstić information content (AvgIpc) is 3.32. The summed E-state index contributed by atoms with van der Waals surface area (Å²) in [6, 6.07) is 10.3. The van der Waals surface area contributed by atoms with Crippen LogP contribution in [0.15, 0.2) is 57.7 Å². The minimum Gasteiger partial charge on any atom is -0.309 e. The van der Waals surface area contributed by atoms with Crippen LogP contribution in [0.5, 0.6) is 0 Å². The number of thiazole rings is 1. The van der Waals surface area contributed by atoms with Gasteiger partial charge in [0.1, 0.15) is 11.7 Å². The summed E-state index contributed by atoms with van der Waals surface area (Å²) >= 11 is 1.66. The van der Waals surface area contributed by atoms with Gasteiger partial charge < -0.3 is 4.90 Å². The van der Waals surface area contributed by atoms with Gasteiger partial charge in [-0.2, -0.15) is 0 Å². The Morgan fingerprint density at radius 2 is 1.91 bits per heavy atom. The standard InChI is InChI=1S/C28H36N6S/c1-9-28(6,10-2)26(29-7)32-18-19(4)21-16-22(23-14-12-13-15-31-23)25-24(17-21)33-27(35-25)34(8)20(5)30-11-3/h12-18H,7,9-11H2,1-6,8H3. The van der Waals surface area contributed by atoms with Crippen molar-refractivity contribution in [1.29, 1.82) is 0 Å². The third kappa shape index (κ3) is 5.73. The first-order valence-electron chi connectivity index (χ1n) is 12.1. The van der Waals surface area contributed by atoms with Gasteiger partial charge in [0.15, 0.2) is 5.13 Å². The molecule has 0 fully saturated rings. The first-order valence-corrected chi connectivity index (χ1v) is 12.9. The van der Waals surface area contributed by atoms with Gasteiger partial charge in [-0.1, -0.05) is 38.2 Å². The molecule has 0 saturated heterocycles. The molecule has 0 spiro atoms. The van der Waals surface area contributed by atoms with E-state index in [4.69, 9.17) is 9.98 Å². The van der Waals surface area contributed by atoms with Crippen molar-refractivity contribution in [3.8, 4) is 11.3 Å². The second-order valence-electron chi connectivity index (χ2n) is 8.85. The number of aliphatic imine (C=N–C) groups is 3. The van der Waals surface area contributed by atoms with Gasteiger partial charge in [0.25, 0.3) is 0 Å². The van der Waals surface area contributed by atoms with E-state index in [1.54, 1.807) is 11.3 Å². The Balaban J connectivity index is 2.16. The minimum absolute atomic E-state index is 0.0894. The fourth-order valence-corrected chi connectivity index (χ4v) is 4.84. The summed E-state index contributed by atoms with van der Waals surface area (Å²) in [5.41, 5.74) is 4.92. The largest absolute Gasteiger partial charge is 0.309 e. The van der Waals surface area contributed by atoms with Crippen LogP contribution in [0, 0.1) is 5.41 Å². The van der Waals surface area contributed by atoms with Gasteiger partial charge in [0.2, 0.25) is 0 Å². The number of amidine groups is 2. The van der Waals surface area contributed by atoms with Crippen LogP contribution in [0.3, 0.4) is 0 Å². The van der Waals surface area contributed by atoms with Gasteiger partial charge in [-0.15, -0.1) is 0 Å². The molecule has 6 nitrogen and oxygen atoms in total. The van der Waals surface area contributed by atoms with Crippen molar-refractivity contribution in [2.75, 3.05) is 18.5 Å². The Bertz CT molecular complexity index is 1270. The van der Waals surface area contributed by atoms with Gasteiger partial charge in [0.05, 0.1) is 15.9 Å². The zero-order chi connectivity index (χ0) is 25.6. The van der Waals surface area contributed by atoms with E-state index < -0.39 is 0 Å². The van der Waals surface area contributed by atoms with E-state index in [2.05, 4.69) is 61.5 Å². The molecule has 0 radical (unpaired) electrons. The summed E-state index contributed by atoms with van der Waals surface area (Å²) in [6.07, 6.45) is 5.64. The molecule has 0 aliphatic rings. The maximum atomic E-state index is 4.97. The number of rotatable bonds is 8. The van der Waals surface area contributed by atoms with Crippen molar-refractivity contribution < 1.29 is 0 Å². The van der Waals surface area contributed by atoms with Crippen molar-refractivity contribution in [3.63, 3.8) is 0 Å². The lowest BCUT2D eigenvalue weighted by molar-refractivity contribution is 0.430. The summed E-state index contributed by atoms with van der Waals surface area (Å²) < 4.78 is 1.10. The van der Waals surface area contributed by atoms with E-state index >= 15 is 0 Å². The van der Waals surface area contributed by atoms with Crippen molar-refractivity contribution in [2.45, 2.75) is 54.4 Å². The molecule has 0 atom stereocenters. The number of allylic oxidation sites excluding steroid dienone is 1. The molecule has 0 N–H and O–H groups in total. The Hall–Kier alpha value is -3.19. The van der Waals surface area contributed by atoms with E-state index in [0.29, 0.717) is 0 Å².